The maximum atomic E-state index is 11.9. The van der Waals surface area contributed by atoms with Crippen molar-refractivity contribution in [3.63, 3.8) is 0 Å². The van der Waals surface area contributed by atoms with Crippen LogP contribution in [0.2, 0.25) is 0 Å². The summed E-state index contributed by atoms with van der Waals surface area (Å²) < 4.78 is 0. The number of hydrogen-bond donors (Lipinski definition) is 2. The maximum absolute atomic E-state index is 11.9. The van der Waals surface area contributed by atoms with Gasteiger partial charge in [-0.2, -0.15) is 0 Å². The lowest BCUT2D eigenvalue weighted by molar-refractivity contribution is 0.203. The molecular formula is C23H26N2O3. The van der Waals surface area contributed by atoms with Crippen LogP contribution in [0.4, 0.5) is 10.5 Å². The zero-order valence-electron chi connectivity index (χ0n) is 16.9. The molecule has 1 heterocycles. The number of aromatic hydroxyl groups is 1. The smallest absolute Gasteiger partial charge is 0.411 e. The van der Waals surface area contributed by atoms with Gasteiger partial charge in [0.15, 0.2) is 0 Å². The molecule has 0 aliphatic rings. The van der Waals surface area contributed by atoms with Crippen molar-refractivity contribution in [3.05, 3.63) is 53.7 Å². The van der Waals surface area contributed by atoms with Gasteiger partial charge in [-0.3, -0.25) is 9.88 Å². The van der Waals surface area contributed by atoms with Crippen LogP contribution in [0.5, 0.6) is 5.75 Å². The van der Waals surface area contributed by atoms with Crippen LogP contribution < -0.4 is 4.90 Å². The number of pyridine rings is 1. The van der Waals surface area contributed by atoms with Crippen LogP contribution in [0.25, 0.3) is 22.0 Å². The van der Waals surface area contributed by atoms with Crippen LogP contribution in [0.1, 0.15) is 32.0 Å². The van der Waals surface area contributed by atoms with Gasteiger partial charge in [0.1, 0.15) is 5.75 Å². The van der Waals surface area contributed by atoms with Gasteiger partial charge < -0.3 is 10.2 Å². The van der Waals surface area contributed by atoms with Gasteiger partial charge in [0.2, 0.25) is 0 Å². The number of phenols is 1. The van der Waals surface area contributed by atoms with E-state index in [1.807, 2.05) is 31.2 Å². The number of anilines is 1. The molecule has 2 aromatic carbocycles. The summed E-state index contributed by atoms with van der Waals surface area (Å²) in [6.07, 6.45) is -0.430. The molecule has 3 aromatic rings. The highest BCUT2D eigenvalue weighted by molar-refractivity contribution is 6.06. The van der Waals surface area contributed by atoms with Crippen LogP contribution in [-0.4, -0.2) is 28.3 Å². The SMILES string of the molecule is Cc1ccc(-c2c(N(C)C(=O)O)c(CC(C)(C)C)nc3ccc(O)cc23)cc1. The first kappa shape index (κ1) is 19.7. The van der Waals surface area contributed by atoms with Crippen molar-refractivity contribution < 1.29 is 15.0 Å². The third-order valence-corrected chi connectivity index (χ3v) is 4.68. The van der Waals surface area contributed by atoms with Crippen LogP contribution in [0, 0.1) is 12.3 Å². The van der Waals surface area contributed by atoms with Crippen molar-refractivity contribution in [3.8, 4) is 16.9 Å². The molecule has 0 aliphatic carbocycles. The molecule has 0 atom stereocenters. The number of nitrogens with zero attached hydrogens (tertiary/aromatic N) is 2. The van der Waals surface area contributed by atoms with E-state index < -0.39 is 6.09 Å². The first-order valence-corrected chi connectivity index (χ1v) is 9.26. The number of benzene rings is 2. The summed E-state index contributed by atoms with van der Waals surface area (Å²) in [5.74, 6) is 0.121. The van der Waals surface area contributed by atoms with Gasteiger partial charge in [-0.25, -0.2) is 4.79 Å². The average Bonchev–Trinajstić information content (AvgIpc) is 2.60. The van der Waals surface area contributed by atoms with E-state index >= 15 is 0 Å². The lowest BCUT2D eigenvalue weighted by atomic mass is 9.87. The number of carboxylic acid groups (broad SMARTS) is 1. The second kappa shape index (κ2) is 7.15. The number of aromatic nitrogens is 1. The summed E-state index contributed by atoms with van der Waals surface area (Å²) in [5.41, 5.74) is 4.72. The molecule has 28 heavy (non-hydrogen) atoms. The number of hydrogen-bond acceptors (Lipinski definition) is 3. The van der Waals surface area contributed by atoms with Crippen molar-refractivity contribution in [2.45, 2.75) is 34.1 Å². The molecule has 0 spiro atoms. The first-order valence-electron chi connectivity index (χ1n) is 9.26. The molecule has 0 bridgehead atoms. The number of phenolic OH excluding ortho intramolecular Hbond substituents is 1. The highest BCUT2D eigenvalue weighted by atomic mass is 16.4. The van der Waals surface area contributed by atoms with Crippen molar-refractivity contribution >= 4 is 22.7 Å². The number of amides is 1. The van der Waals surface area contributed by atoms with Gasteiger partial charge in [-0.1, -0.05) is 50.6 Å². The molecule has 5 nitrogen and oxygen atoms in total. The monoisotopic (exact) mass is 378 g/mol. The minimum absolute atomic E-state index is 0.0732. The topological polar surface area (TPSA) is 73.7 Å². The summed E-state index contributed by atoms with van der Waals surface area (Å²) in [6, 6.07) is 13.0. The molecule has 146 valence electrons. The Labute approximate surface area is 165 Å². The molecule has 1 amide bonds. The predicted molar refractivity (Wildman–Crippen MR) is 113 cm³/mol. The summed E-state index contributed by atoms with van der Waals surface area (Å²) in [7, 11) is 1.54. The van der Waals surface area contributed by atoms with Crippen LogP contribution in [-0.2, 0) is 6.42 Å². The highest BCUT2D eigenvalue weighted by Gasteiger charge is 2.26. The average molecular weight is 378 g/mol. The van der Waals surface area contributed by atoms with E-state index in [4.69, 9.17) is 4.98 Å². The first-order chi connectivity index (χ1) is 13.1. The number of carbonyl (C=O) groups is 1. The van der Waals surface area contributed by atoms with E-state index in [0.29, 0.717) is 12.1 Å². The fraction of sp³-hybridized carbons (Fsp3) is 0.304. The van der Waals surface area contributed by atoms with Crippen molar-refractivity contribution in [1.29, 1.82) is 0 Å². The molecule has 3 rings (SSSR count). The molecule has 1 aromatic heterocycles. The lowest BCUT2D eigenvalue weighted by Crippen LogP contribution is -2.27. The minimum Gasteiger partial charge on any atom is -0.508 e. The van der Waals surface area contributed by atoms with Crippen molar-refractivity contribution in [1.82, 2.24) is 4.98 Å². The second-order valence-electron chi connectivity index (χ2n) is 8.43. The Kier molecular flexibility index (Phi) is 5.02. The lowest BCUT2D eigenvalue weighted by Gasteiger charge is -2.26. The molecule has 0 aliphatic heterocycles. The van der Waals surface area contributed by atoms with Crippen LogP contribution in [0.15, 0.2) is 42.5 Å². The number of fused-ring (bicyclic) bond motifs is 1. The second-order valence-corrected chi connectivity index (χ2v) is 8.43. The number of rotatable bonds is 3. The van der Waals surface area contributed by atoms with Gasteiger partial charge in [0.05, 0.1) is 16.9 Å². The summed E-state index contributed by atoms with van der Waals surface area (Å²) >= 11 is 0. The predicted octanol–water partition coefficient (Wildman–Crippen LogP) is 5.62. The van der Waals surface area contributed by atoms with E-state index in [2.05, 4.69) is 20.8 Å². The Morgan fingerprint density at radius 1 is 1.11 bits per heavy atom. The van der Waals surface area contributed by atoms with Crippen molar-refractivity contribution in [2.75, 3.05) is 11.9 Å². The van der Waals surface area contributed by atoms with E-state index in [1.165, 1.54) is 11.9 Å². The normalized spacial score (nSPS) is 11.6. The Bertz CT molecular complexity index is 1030. The fourth-order valence-corrected chi connectivity index (χ4v) is 3.39. The zero-order chi connectivity index (χ0) is 20.6. The van der Waals surface area contributed by atoms with E-state index in [0.717, 1.165) is 33.3 Å². The highest BCUT2D eigenvalue weighted by Crippen LogP contribution is 2.41. The van der Waals surface area contributed by atoms with Crippen LogP contribution >= 0.6 is 0 Å². The molecule has 0 fully saturated rings. The molecule has 5 heteroatoms. The van der Waals surface area contributed by atoms with Gasteiger partial charge in [-0.05, 0) is 42.5 Å². The van der Waals surface area contributed by atoms with E-state index in [1.54, 1.807) is 18.2 Å². The molecule has 0 radical (unpaired) electrons. The summed E-state index contributed by atoms with van der Waals surface area (Å²) in [6.45, 7) is 8.32. The van der Waals surface area contributed by atoms with Gasteiger partial charge >= 0.3 is 6.09 Å². The Morgan fingerprint density at radius 2 is 1.75 bits per heavy atom. The molecule has 0 unspecified atom stereocenters. The zero-order valence-corrected chi connectivity index (χ0v) is 16.9. The molecule has 0 saturated heterocycles. The van der Waals surface area contributed by atoms with Crippen molar-refractivity contribution in [2.24, 2.45) is 5.41 Å². The number of aryl methyl sites for hydroxylation is 1. The standard InChI is InChI=1S/C23H26N2O3/c1-14-6-8-15(9-7-14)20-17-12-16(26)10-11-18(17)24-19(13-23(2,3)4)21(20)25(5)22(27)28/h6-12,26H,13H2,1-5H3,(H,27,28). The largest absolute Gasteiger partial charge is 0.508 e. The molecule has 0 saturated carbocycles. The third kappa shape index (κ3) is 3.93. The quantitative estimate of drug-likeness (QED) is 0.620. The minimum atomic E-state index is -1.05. The van der Waals surface area contributed by atoms with Gasteiger partial charge in [-0.15, -0.1) is 0 Å². The molecule has 2 N–H and O–H groups in total. The maximum Gasteiger partial charge on any atom is 0.411 e. The third-order valence-electron chi connectivity index (χ3n) is 4.68. The molecular weight excluding hydrogens is 352 g/mol. The fourth-order valence-electron chi connectivity index (χ4n) is 3.39. The van der Waals surface area contributed by atoms with E-state index in [-0.39, 0.29) is 11.2 Å². The van der Waals surface area contributed by atoms with Gasteiger partial charge in [0.25, 0.3) is 0 Å². The Hall–Kier alpha value is -3.08. The summed E-state index contributed by atoms with van der Waals surface area (Å²) in [4.78, 5) is 17.9. The van der Waals surface area contributed by atoms with E-state index in [9.17, 15) is 15.0 Å². The Balaban J connectivity index is 2.46. The summed E-state index contributed by atoms with van der Waals surface area (Å²) in [5, 5.41) is 20.6. The van der Waals surface area contributed by atoms with Crippen LogP contribution in [0.3, 0.4) is 0 Å². The van der Waals surface area contributed by atoms with Gasteiger partial charge in [0, 0.05) is 18.0 Å². The Morgan fingerprint density at radius 3 is 2.32 bits per heavy atom.